The Kier molecular flexibility index (Phi) is 5.85. The summed E-state index contributed by atoms with van der Waals surface area (Å²) >= 11 is 0. The van der Waals surface area contributed by atoms with Crippen LogP contribution in [-0.2, 0) is 4.74 Å². The predicted molar refractivity (Wildman–Crippen MR) is 68.5 cm³/mol. The topological polar surface area (TPSA) is 15.7 Å². The lowest BCUT2D eigenvalue weighted by molar-refractivity contribution is 0.0958. The number of nitrogens with zero attached hydrogens (tertiary/aromatic N) is 2. The van der Waals surface area contributed by atoms with Crippen molar-refractivity contribution in [1.82, 2.24) is 9.80 Å². The molecule has 0 spiro atoms. The van der Waals surface area contributed by atoms with Crippen molar-refractivity contribution >= 4 is 0 Å². The van der Waals surface area contributed by atoms with Crippen LogP contribution in [0.5, 0.6) is 0 Å². The first-order chi connectivity index (χ1) is 7.63. The maximum Gasteiger partial charge on any atom is 0.0502 e. The average molecular weight is 226 g/mol. The lowest BCUT2D eigenvalue weighted by Crippen LogP contribution is -2.37. The third kappa shape index (κ3) is 4.54. The van der Waals surface area contributed by atoms with Crippen molar-refractivity contribution in [3.63, 3.8) is 0 Å². The second-order valence-electron chi connectivity index (χ2n) is 4.96. The lowest BCUT2D eigenvalue weighted by atomic mass is 9.99. The SMILES string of the molecule is COC[C@H]1CCCN(C/C=C(/C)N(C)C)C1. The third-order valence-corrected chi connectivity index (χ3v) is 3.36. The molecule has 1 aliphatic heterocycles. The third-order valence-electron chi connectivity index (χ3n) is 3.36. The largest absolute Gasteiger partial charge is 0.384 e. The van der Waals surface area contributed by atoms with Crippen molar-refractivity contribution in [2.24, 2.45) is 5.92 Å². The number of ether oxygens (including phenoxy) is 1. The molecule has 16 heavy (non-hydrogen) atoms. The van der Waals surface area contributed by atoms with E-state index in [4.69, 9.17) is 4.74 Å². The Morgan fingerprint density at radius 2 is 2.25 bits per heavy atom. The highest BCUT2D eigenvalue weighted by molar-refractivity contribution is 4.97. The number of hydrogen-bond acceptors (Lipinski definition) is 3. The summed E-state index contributed by atoms with van der Waals surface area (Å²) < 4.78 is 5.24. The van der Waals surface area contributed by atoms with E-state index in [2.05, 4.69) is 36.9 Å². The van der Waals surface area contributed by atoms with Gasteiger partial charge in [0.1, 0.15) is 0 Å². The summed E-state index contributed by atoms with van der Waals surface area (Å²) in [5, 5.41) is 0. The Hall–Kier alpha value is -0.540. The van der Waals surface area contributed by atoms with Crippen LogP contribution in [0.3, 0.4) is 0 Å². The standard InChI is InChI=1S/C13H26N2O/c1-12(14(2)3)7-9-15-8-5-6-13(10-15)11-16-4/h7,13H,5-6,8-11H2,1-4H3/b12-7-/t13-/m0/s1. The van der Waals surface area contributed by atoms with Crippen molar-refractivity contribution in [3.8, 4) is 0 Å². The number of rotatable bonds is 5. The molecule has 1 fully saturated rings. The van der Waals surface area contributed by atoms with Crippen LogP contribution in [0.1, 0.15) is 19.8 Å². The molecule has 94 valence electrons. The van der Waals surface area contributed by atoms with Gasteiger partial charge in [0, 0.05) is 40.0 Å². The summed E-state index contributed by atoms with van der Waals surface area (Å²) in [5.41, 5.74) is 1.34. The van der Waals surface area contributed by atoms with E-state index in [1.807, 2.05) is 0 Å². The van der Waals surface area contributed by atoms with Gasteiger partial charge in [0.15, 0.2) is 0 Å². The molecule has 0 bridgehead atoms. The van der Waals surface area contributed by atoms with Crippen LogP contribution in [0.25, 0.3) is 0 Å². The van der Waals surface area contributed by atoms with Crippen molar-refractivity contribution in [3.05, 3.63) is 11.8 Å². The Balaban J connectivity index is 2.34. The fourth-order valence-corrected chi connectivity index (χ4v) is 2.13. The number of hydrogen-bond donors (Lipinski definition) is 0. The van der Waals surface area contributed by atoms with Crippen LogP contribution in [0.4, 0.5) is 0 Å². The maximum atomic E-state index is 5.24. The van der Waals surface area contributed by atoms with E-state index in [1.165, 1.54) is 31.6 Å². The highest BCUT2D eigenvalue weighted by Crippen LogP contribution is 2.16. The van der Waals surface area contributed by atoms with Crippen LogP contribution in [-0.4, -0.2) is 57.2 Å². The minimum absolute atomic E-state index is 0.729. The number of piperidine rings is 1. The first-order valence-electron chi connectivity index (χ1n) is 6.19. The van der Waals surface area contributed by atoms with Gasteiger partial charge in [0.2, 0.25) is 0 Å². The smallest absolute Gasteiger partial charge is 0.0502 e. The maximum absolute atomic E-state index is 5.24. The molecule has 1 atom stereocenters. The van der Waals surface area contributed by atoms with Gasteiger partial charge in [-0.15, -0.1) is 0 Å². The summed E-state index contributed by atoms with van der Waals surface area (Å²) in [6.07, 6.45) is 4.94. The second kappa shape index (κ2) is 6.92. The number of likely N-dealkylation sites (tertiary alicyclic amines) is 1. The molecule has 0 aliphatic carbocycles. The zero-order valence-electron chi connectivity index (χ0n) is 11.2. The second-order valence-corrected chi connectivity index (χ2v) is 4.96. The highest BCUT2D eigenvalue weighted by atomic mass is 16.5. The monoisotopic (exact) mass is 226 g/mol. The fourth-order valence-electron chi connectivity index (χ4n) is 2.13. The molecular weight excluding hydrogens is 200 g/mol. The van der Waals surface area contributed by atoms with Crippen molar-refractivity contribution in [2.45, 2.75) is 19.8 Å². The van der Waals surface area contributed by atoms with E-state index in [0.29, 0.717) is 0 Å². The van der Waals surface area contributed by atoms with Gasteiger partial charge < -0.3 is 9.64 Å². The van der Waals surface area contributed by atoms with Gasteiger partial charge >= 0.3 is 0 Å². The summed E-state index contributed by atoms with van der Waals surface area (Å²) in [5.74, 6) is 0.729. The number of methoxy groups -OCH3 is 1. The van der Waals surface area contributed by atoms with E-state index in [-0.39, 0.29) is 0 Å². The highest BCUT2D eigenvalue weighted by Gasteiger charge is 2.18. The molecule has 0 aromatic heterocycles. The minimum Gasteiger partial charge on any atom is -0.384 e. The quantitative estimate of drug-likeness (QED) is 0.711. The number of allylic oxidation sites excluding steroid dienone is 1. The Bertz CT molecular complexity index is 224. The van der Waals surface area contributed by atoms with E-state index in [9.17, 15) is 0 Å². The van der Waals surface area contributed by atoms with E-state index in [0.717, 1.165) is 19.1 Å². The molecule has 0 aromatic carbocycles. The Morgan fingerprint density at radius 3 is 2.88 bits per heavy atom. The van der Waals surface area contributed by atoms with E-state index < -0.39 is 0 Å². The van der Waals surface area contributed by atoms with Crippen LogP contribution in [0, 0.1) is 5.92 Å². The molecule has 1 heterocycles. The first-order valence-corrected chi connectivity index (χ1v) is 6.19. The Labute approximate surface area is 100 Å². The van der Waals surface area contributed by atoms with Crippen LogP contribution >= 0.6 is 0 Å². The molecule has 1 saturated heterocycles. The predicted octanol–water partition coefficient (Wildman–Crippen LogP) is 1.81. The zero-order chi connectivity index (χ0) is 12.0. The van der Waals surface area contributed by atoms with Crippen molar-refractivity contribution < 1.29 is 4.74 Å². The molecule has 0 saturated carbocycles. The van der Waals surface area contributed by atoms with Gasteiger partial charge in [0.05, 0.1) is 6.61 Å². The zero-order valence-corrected chi connectivity index (χ0v) is 11.2. The molecular formula is C13H26N2O. The van der Waals surface area contributed by atoms with Crippen molar-refractivity contribution in [2.75, 3.05) is 47.4 Å². The summed E-state index contributed by atoms with van der Waals surface area (Å²) in [4.78, 5) is 4.69. The van der Waals surface area contributed by atoms with Gasteiger partial charge in [-0.2, -0.15) is 0 Å². The molecule has 3 heteroatoms. The van der Waals surface area contributed by atoms with E-state index >= 15 is 0 Å². The molecule has 0 aromatic rings. The van der Waals surface area contributed by atoms with E-state index in [1.54, 1.807) is 7.11 Å². The van der Waals surface area contributed by atoms with Gasteiger partial charge in [-0.05, 0) is 32.2 Å². The van der Waals surface area contributed by atoms with Crippen molar-refractivity contribution in [1.29, 1.82) is 0 Å². The minimum atomic E-state index is 0.729. The molecule has 0 unspecified atom stereocenters. The fraction of sp³-hybridized carbons (Fsp3) is 0.846. The molecule has 1 aliphatic rings. The van der Waals surface area contributed by atoms with Crippen LogP contribution < -0.4 is 0 Å². The van der Waals surface area contributed by atoms with Crippen LogP contribution in [0.15, 0.2) is 11.8 Å². The molecule has 0 radical (unpaired) electrons. The van der Waals surface area contributed by atoms with Gasteiger partial charge in [-0.3, -0.25) is 4.90 Å². The summed E-state index contributed by atoms with van der Waals surface area (Å²) in [6, 6.07) is 0. The summed E-state index contributed by atoms with van der Waals surface area (Å²) in [7, 11) is 5.99. The lowest BCUT2D eigenvalue weighted by Gasteiger charge is -2.31. The first kappa shape index (κ1) is 13.5. The van der Waals surface area contributed by atoms with Gasteiger partial charge in [-0.1, -0.05) is 6.08 Å². The Morgan fingerprint density at radius 1 is 1.50 bits per heavy atom. The average Bonchev–Trinajstić information content (AvgIpc) is 2.26. The molecule has 0 amide bonds. The normalized spacial score (nSPS) is 23.5. The molecule has 3 nitrogen and oxygen atoms in total. The van der Waals surface area contributed by atoms with Gasteiger partial charge in [0.25, 0.3) is 0 Å². The molecule has 1 rings (SSSR count). The van der Waals surface area contributed by atoms with Crippen LogP contribution in [0.2, 0.25) is 0 Å². The molecule has 0 N–H and O–H groups in total. The van der Waals surface area contributed by atoms with Gasteiger partial charge in [-0.25, -0.2) is 0 Å². The summed E-state index contributed by atoms with van der Waals surface area (Å²) in [6.45, 7) is 6.57.